The van der Waals surface area contributed by atoms with Crippen molar-refractivity contribution < 1.29 is 14.3 Å². The molecule has 3 heterocycles. The van der Waals surface area contributed by atoms with Crippen LogP contribution in [0.2, 0.25) is 0 Å². The Balaban J connectivity index is 0.00000225. The molecular formula is C18H23ClFN5O3. The maximum Gasteiger partial charge on any atom is 0.341 e. The number of nitrogens with two attached hydrogens (primary N) is 2. The summed E-state index contributed by atoms with van der Waals surface area (Å²) in [4.78, 5) is 26.1. The van der Waals surface area contributed by atoms with E-state index < -0.39 is 22.8 Å². The van der Waals surface area contributed by atoms with Gasteiger partial charge in [-0.15, -0.1) is 12.4 Å². The molecule has 0 spiro atoms. The van der Waals surface area contributed by atoms with Crippen LogP contribution < -0.4 is 26.8 Å². The number of hydrogen-bond donors (Lipinski definition) is 3. The molecule has 152 valence electrons. The van der Waals surface area contributed by atoms with Crippen LogP contribution in [0.3, 0.4) is 0 Å². The topological polar surface area (TPSA) is 118 Å². The number of aromatic nitrogens is 1. The first-order valence-corrected chi connectivity index (χ1v) is 8.86. The molecule has 2 aliphatic heterocycles. The summed E-state index contributed by atoms with van der Waals surface area (Å²) in [5.74, 6) is -1.83. The van der Waals surface area contributed by atoms with Gasteiger partial charge in [-0.1, -0.05) is 6.92 Å². The van der Waals surface area contributed by atoms with Gasteiger partial charge in [-0.25, -0.2) is 9.18 Å². The molecule has 1 saturated heterocycles. The molecule has 5 N–H and O–H groups in total. The van der Waals surface area contributed by atoms with Crippen molar-refractivity contribution in [2.24, 2.45) is 11.7 Å². The van der Waals surface area contributed by atoms with E-state index in [1.165, 1.54) is 6.20 Å². The molecule has 28 heavy (non-hydrogen) atoms. The molecule has 2 aromatic rings. The van der Waals surface area contributed by atoms with Crippen LogP contribution in [-0.4, -0.2) is 48.5 Å². The smallest absolute Gasteiger partial charge is 0.341 e. The summed E-state index contributed by atoms with van der Waals surface area (Å²) >= 11 is 0. The molecular weight excluding hydrogens is 389 g/mol. The summed E-state index contributed by atoms with van der Waals surface area (Å²) in [6, 6.07) is -0.0728. The van der Waals surface area contributed by atoms with Gasteiger partial charge in [-0.2, -0.15) is 0 Å². The number of likely N-dealkylation sites (N-methyl/N-ethyl adjacent to an activating group) is 1. The standard InChI is InChI=1S/C18H22FN5O3.ClH/c1-8-5-23(7-11(8)20)16-9-3-4-22(2)24-6-10(18(26)27)17(25)12(15(9)24)14(21)13(16)19;/h6,8,11H,3-5,7,20-21H2,1-2H3,(H,26,27);1H/t8-,11+;/m0./s1. The Morgan fingerprint density at radius 3 is 2.61 bits per heavy atom. The van der Waals surface area contributed by atoms with Gasteiger partial charge in [0.1, 0.15) is 5.56 Å². The lowest BCUT2D eigenvalue weighted by atomic mass is 9.98. The van der Waals surface area contributed by atoms with Gasteiger partial charge in [0.15, 0.2) is 5.82 Å². The van der Waals surface area contributed by atoms with Crippen LogP contribution in [-0.2, 0) is 6.42 Å². The Morgan fingerprint density at radius 2 is 2.04 bits per heavy atom. The second-order valence-corrected chi connectivity index (χ2v) is 7.48. The Labute approximate surface area is 166 Å². The van der Waals surface area contributed by atoms with E-state index in [0.29, 0.717) is 42.8 Å². The van der Waals surface area contributed by atoms with Gasteiger partial charge < -0.3 is 26.5 Å². The average Bonchev–Trinajstić information content (AvgIpc) is 2.93. The van der Waals surface area contributed by atoms with Crippen molar-refractivity contribution in [3.8, 4) is 0 Å². The number of nitrogens with zero attached hydrogens (tertiary/aromatic N) is 3. The van der Waals surface area contributed by atoms with E-state index in [4.69, 9.17) is 11.5 Å². The SMILES string of the molecule is C[C@H]1CN(c2c(F)c(N)c3c(=O)c(C(=O)O)cn4c3c2CCN4C)C[C@H]1N.Cl. The minimum absolute atomic E-state index is 0. The highest BCUT2D eigenvalue weighted by Crippen LogP contribution is 2.39. The Hall–Kier alpha value is -2.52. The van der Waals surface area contributed by atoms with E-state index in [1.54, 1.807) is 16.7 Å². The number of nitrogen functional groups attached to an aromatic ring is 1. The molecule has 0 bridgehead atoms. The van der Waals surface area contributed by atoms with Gasteiger partial charge in [0.25, 0.3) is 0 Å². The number of benzene rings is 1. The van der Waals surface area contributed by atoms with Crippen molar-refractivity contribution in [2.45, 2.75) is 19.4 Å². The minimum Gasteiger partial charge on any atom is -0.477 e. The third-order valence-corrected chi connectivity index (χ3v) is 5.74. The largest absolute Gasteiger partial charge is 0.477 e. The zero-order valence-corrected chi connectivity index (χ0v) is 16.4. The summed E-state index contributed by atoms with van der Waals surface area (Å²) in [5.41, 5.74) is 12.2. The molecule has 0 amide bonds. The predicted molar refractivity (Wildman–Crippen MR) is 109 cm³/mol. The third kappa shape index (κ3) is 2.68. The Bertz CT molecular complexity index is 1030. The van der Waals surface area contributed by atoms with Crippen molar-refractivity contribution in [1.29, 1.82) is 0 Å². The quantitative estimate of drug-likeness (QED) is 0.624. The fourth-order valence-corrected chi connectivity index (χ4v) is 4.17. The van der Waals surface area contributed by atoms with Gasteiger partial charge in [0, 0.05) is 44.5 Å². The molecule has 0 unspecified atom stereocenters. The zero-order chi connectivity index (χ0) is 19.6. The first-order chi connectivity index (χ1) is 12.7. The van der Waals surface area contributed by atoms with Crippen molar-refractivity contribution in [3.05, 3.63) is 33.4 Å². The van der Waals surface area contributed by atoms with Crippen LogP contribution >= 0.6 is 12.4 Å². The van der Waals surface area contributed by atoms with Crippen molar-refractivity contribution in [2.75, 3.05) is 42.3 Å². The van der Waals surface area contributed by atoms with E-state index >= 15 is 4.39 Å². The summed E-state index contributed by atoms with van der Waals surface area (Å²) in [6.07, 6.45) is 1.81. The number of pyridine rings is 1. The second kappa shape index (κ2) is 6.82. The lowest BCUT2D eigenvalue weighted by Gasteiger charge is -2.34. The van der Waals surface area contributed by atoms with Gasteiger partial charge in [-0.3, -0.25) is 9.47 Å². The molecule has 1 aromatic heterocycles. The van der Waals surface area contributed by atoms with E-state index in [9.17, 15) is 14.7 Å². The van der Waals surface area contributed by atoms with E-state index in [1.807, 2.05) is 11.8 Å². The van der Waals surface area contributed by atoms with E-state index in [2.05, 4.69) is 0 Å². The van der Waals surface area contributed by atoms with Crippen LogP contribution in [0.1, 0.15) is 22.8 Å². The summed E-state index contributed by atoms with van der Waals surface area (Å²) in [7, 11) is 1.78. The molecule has 8 nitrogen and oxygen atoms in total. The molecule has 1 aromatic carbocycles. The first-order valence-electron chi connectivity index (χ1n) is 8.86. The van der Waals surface area contributed by atoms with E-state index in [-0.39, 0.29) is 35.4 Å². The molecule has 1 fully saturated rings. The van der Waals surface area contributed by atoms with Gasteiger partial charge >= 0.3 is 5.97 Å². The number of halogens is 2. The van der Waals surface area contributed by atoms with Crippen LogP contribution in [0.25, 0.3) is 10.9 Å². The predicted octanol–water partition coefficient (Wildman–Crippen LogP) is 0.750. The lowest BCUT2D eigenvalue weighted by molar-refractivity contribution is 0.0695. The molecule has 0 saturated carbocycles. The lowest BCUT2D eigenvalue weighted by Crippen LogP contribution is -2.40. The monoisotopic (exact) mass is 411 g/mol. The fraction of sp³-hybridized carbons (Fsp3) is 0.444. The summed E-state index contributed by atoms with van der Waals surface area (Å²) in [6.45, 7) is 3.67. The molecule has 0 radical (unpaired) electrons. The van der Waals surface area contributed by atoms with E-state index in [0.717, 1.165) is 0 Å². The number of hydrogen-bond acceptors (Lipinski definition) is 6. The van der Waals surface area contributed by atoms with Crippen molar-refractivity contribution in [3.63, 3.8) is 0 Å². The highest BCUT2D eigenvalue weighted by atomic mass is 35.5. The third-order valence-electron chi connectivity index (χ3n) is 5.74. The molecule has 2 aliphatic rings. The molecule has 10 heteroatoms. The number of carboxylic acids is 1. The van der Waals surface area contributed by atoms with Gasteiger partial charge in [0.05, 0.1) is 22.3 Å². The average molecular weight is 412 g/mol. The fourth-order valence-electron chi connectivity index (χ4n) is 4.17. The van der Waals surface area contributed by atoms with Crippen molar-refractivity contribution in [1.82, 2.24) is 4.68 Å². The number of rotatable bonds is 2. The van der Waals surface area contributed by atoms with Crippen molar-refractivity contribution >= 4 is 40.7 Å². The van der Waals surface area contributed by atoms with Gasteiger partial charge in [0.2, 0.25) is 5.43 Å². The first kappa shape index (κ1) is 20.2. The Morgan fingerprint density at radius 1 is 1.36 bits per heavy atom. The maximum atomic E-state index is 15.3. The Kier molecular flexibility index (Phi) is 4.93. The molecule has 0 aliphatic carbocycles. The van der Waals surface area contributed by atoms with Crippen LogP contribution in [0, 0.1) is 11.7 Å². The number of anilines is 2. The normalized spacial score (nSPS) is 21.1. The minimum atomic E-state index is -1.37. The number of carbonyl (C=O) groups is 1. The second-order valence-electron chi connectivity index (χ2n) is 7.48. The summed E-state index contributed by atoms with van der Waals surface area (Å²) in [5, 5.41) is 11.1. The molecule has 4 rings (SSSR count). The number of aromatic carboxylic acids is 1. The van der Waals surface area contributed by atoms with Crippen LogP contribution in [0.4, 0.5) is 15.8 Å². The maximum absolute atomic E-state index is 15.3. The zero-order valence-electron chi connectivity index (χ0n) is 15.6. The van der Waals surface area contributed by atoms with Crippen LogP contribution in [0.5, 0.6) is 0 Å². The summed E-state index contributed by atoms with van der Waals surface area (Å²) < 4.78 is 16.9. The number of carboxylic acid groups (broad SMARTS) is 1. The highest BCUT2D eigenvalue weighted by Gasteiger charge is 2.34. The van der Waals surface area contributed by atoms with Gasteiger partial charge in [-0.05, 0) is 12.3 Å². The highest BCUT2D eigenvalue weighted by molar-refractivity contribution is 6.02. The van der Waals surface area contributed by atoms with Crippen LogP contribution in [0.15, 0.2) is 11.0 Å². The molecule has 2 atom stereocenters.